The minimum Gasteiger partial charge on any atom is -0.363 e. The van der Waals surface area contributed by atoms with Gasteiger partial charge < -0.3 is 19.9 Å². The number of hydrogen-bond acceptors (Lipinski definition) is 4. The summed E-state index contributed by atoms with van der Waals surface area (Å²) in [7, 11) is 1.81. The second kappa shape index (κ2) is 7.43. The molecule has 2 aliphatic heterocycles. The quantitative estimate of drug-likeness (QED) is 0.868. The molecule has 0 saturated carbocycles. The third-order valence-corrected chi connectivity index (χ3v) is 5.14. The van der Waals surface area contributed by atoms with Gasteiger partial charge in [-0.2, -0.15) is 5.10 Å². The summed E-state index contributed by atoms with van der Waals surface area (Å²) < 4.78 is 7.69. The molecule has 1 N–H and O–H groups in total. The summed E-state index contributed by atoms with van der Waals surface area (Å²) in [5.41, 5.74) is -0.287. The van der Waals surface area contributed by atoms with Crippen LogP contribution in [0.15, 0.2) is 18.5 Å². The number of hydrogen-bond donors (Lipinski definition) is 1. The molecule has 8 heteroatoms. The van der Waals surface area contributed by atoms with Gasteiger partial charge in [0.25, 0.3) is 0 Å². The SMILES string of the molecule is C[C@H](CCn1cccn1)NC(=O)N1CCC2(CC1)CN(C)C(=O)CO2. The third-order valence-electron chi connectivity index (χ3n) is 5.14. The summed E-state index contributed by atoms with van der Waals surface area (Å²) in [5, 5.41) is 7.23. The number of amides is 3. The molecule has 3 rings (SSSR count). The number of aryl methyl sites for hydroxylation is 1. The van der Waals surface area contributed by atoms with E-state index in [-0.39, 0.29) is 30.2 Å². The molecule has 2 fully saturated rings. The molecule has 2 aliphatic rings. The van der Waals surface area contributed by atoms with Crippen LogP contribution in [0.1, 0.15) is 26.2 Å². The first kappa shape index (κ1) is 17.7. The summed E-state index contributed by atoms with van der Waals surface area (Å²) in [4.78, 5) is 27.6. The van der Waals surface area contributed by atoms with Crippen molar-refractivity contribution < 1.29 is 14.3 Å². The maximum atomic E-state index is 12.4. The number of morpholine rings is 1. The molecule has 3 heterocycles. The van der Waals surface area contributed by atoms with Gasteiger partial charge in [-0.3, -0.25) is 9.48 Å². The van der Waals surface area contributed by atoms with Crippen LogP contribution in [0.4, 0.5) is 4.79 Å². The average Bonchev–Trinajstić information content (AvgIpc) is 3.11. The Hall–Kier alpha value is -2.09. The van der Waals surface area contributed by atoms with Crippen LogP contribution in [0.3, 0.4) is 0 Å². The Bertz CT molecular complexity index is 595. The molecule has 25 heavy (non-hydrogen) atoms. The van der Waals surface area contributed by atoms with Gasteiger partial charge in [0.05, 0.1) is 5.60 Å². The largest absolute Gasteiger partial charge is 0.363 e. The van der Waals surface area contributed by atoms with Gasteiger partial charge in [0.1, 0.15) is 6.61 Å². The molecule has 0 bridgehead atoms. The van der Waals surface area contributed by atoms with E-state index in [9.17, 15) is 9.59 Å². The fraction of sp³-hybridized carbons (Fsp3) is 0.706. The molecular weight excluding hydrogens is 322 g/mol. The second-order valence-corrected chi connectivity index (χ2v) is 7.12. The maximum absolute atomic E-state index is 12.4. The van der Waals surface area contributed by atoms with Crippen LogP contribution in [-0.2, 0) is 16.1 Å². The highest BCUT2D eigenvalue weighted by atomic mass is 16.5. The van der Waals surface area contributed by atoms with Crippen molar-refractivity contribution in [3.63, 3.8) is 0 Å². The van der Waals surface area contributed by atoms with E-state index in [0.29, 0.717) is 19.6 Å². The molecule has 1 aromatic rings. The number of carbonyl (C=O) groups excluding carboxylic acids is 2. The maximum Gasteiger partial charge on any atom is 0.317 e. The number of likely N-dealkylation sites (N-methyl/N-ethyl adjacent to an activating group) is 1. The normalized spacial score (nSPS) is 21.4. The fourth-order valence-corrected chi connectivity index (χ4v) is 3.44. The van der Waals surface area contributed by atoms with Crippen LogP contribution in [0, 0.1) is 0 Å². The lowest BCUT2D eigenvalue weighted by Gasteiger charge is -2.46. The van der Waals surface area contributed by atoms with Crippen molar-refractivity contribution >= 4 is 11.9 Å². The zero-order valence-corrected chi connectivity index (χ0v) is 15.0. The molecule has 0 unspecified atom stereocenters. The van der Waals surface area contributed by atoms with Crippen LogP contribution in [-0.4, -0.2) is 76.5 Å². The van der Waals surface area contributed by atoms with Gasteiger partial charge in [-0.15, -0.1) is 0 Å². The smallest absolute Gasteiger partial charge is 0.317 e. The fourth-order valence-electron chi connectivity index (χ4n) is 3.44. The van der Waals surface area contributed by atoms with E-state index in [1.54, 1.807) is 11.1 Å². The van der Waals surface area contributed by atoms with E-state index in [0.717, 1.165) is 25.8 Å². The molecule has 2 saturated heterocycles. The summed E-state index contributed by atoms with van der Waals surface area (Å²) in [6.45, 7) is 4.86. The van der Waals surface area contributed by atoms with Crippen LogP contribution in [0.5, 0.6) is 0 Å². The van der Waals surface area contributed by atoms with Gasteiger partial charge in [0.2, 0.25) is 5.91 Å². The standard InChI is InChI=1S/C17H27N5O3/c1-14(4-9-22-8-3-7-18-22)19-16(24)21-10-5-17(6-11-21)13-20(2)15(23)12-25-17/h3,7-8,14H,4-6,9-13H2,1-2H3,(H,19,24)/t14-/m1/s1. The average molecular weight is 349 g/mol. The number of nitrogens with one attached hydrogen (secondary N) is 1. The Labute approximate surface area is 148 Å². The molecule has 138 valence electrons. The molecule has 0 radical (unpaired) electrons. The highest BCUT2D eigenvalue weighted by molar-refractivity contribution is 5.78. The van der Waals surface area contributed by atoms with Crippen LogP contribution >= 0.6 is 0 Å². The Balaban J connectivity index is 1.43. The number of rotatable bonds is 4. The minimum absolute atomic E-state index is 0.0248. The number of carbonyl (C=O) groups is 2. The zero-order valence-electron chi connectivity index (χ0n) is 15.0. The van der Waals surface area contributed by atoms with Crippen molar-refractivity contribution in [3.05, 3.63) is 18.5 Å². The topological polar surface area (TPSA) is 79.7 Å². The van der Waals surface area contributed by atoms with Crippen molar-refractivity contribution in [2.75, 3.05) is 33.3 Å². The summed E-state index contributed by atoms with van der Waals surface area (Å²) in [6.07, 6.45) is 6.04. The molecule has 1 atom stereocenters. The van der Waals surface area contributed by atoms with E-state index in [1.165, 1.54) is 0 Å². The summed E-state index contributed by atoms with van der Waals surface area (Å²) in [6, 6.07) is 1.95. The lowest BCUT2D eigenvalue weighted by Crippen LogP contribution is -2.59. The van der Waals surface area contributed by atoms with Gasteiger partial charge in [-0.1, -0.05) is 0 Å². The summed E-state index contributed by atoms with van der Waals surface area (Å²) in [5.74, 6) is 0.0248. The number of aromatic nitrogens is 2. The first-order valence-corrected chi connectivity index (χ1v) is 8.88. The van der Waals surface area contributed by atoms with Crippen molar-refractivity contribution in [1.29, 1.82) is 0 Å². The predicted octanol–water partition coefficient (Wildman–Crippen LogP) is 0.695. The molecular formula is C17H27N5O3. The molecule has 1 aromatic heterocycles. The van der Waals surface area contributed by atoms with Gasteiger partial charge in [0.15, 0.2) is 0 Å². The number of nitrogens with zero attached hydrogens (tertiary/aromatic N) is 4. The van der Waals surface area contributed by atoms with E-state index < -0.39 is 0 Å². The Morgan fingerprint density at radius 1 is 1.44 bits per heavy atom. The van der Waals surface area contributed by atoms with Gasteiger partial charge >= 0.3 is 6.03 Å². The van der Waals surface area contributed by atoms with Gasteiger partial charge in [0, 0.05) is 51.7 Å². The van der Waals surface area contributed by atoms with Crippen molar-refractivity contribution in [2.45, 2.75) is 44.4 Å². The number of likely N-dealkylation sites (tertiary alicyclic amines) is 1. The van der Waals surface area contributed by atoms with Gasteiger partial charge in [-0.25, -0.2) is 4.79 Å². The zero-order chi connectivity index (χ0) is 17.9. The van der Waals surface area contributed by atoms with E-state index in [4.69, 9.17) is 4.74 Å². The highest BCUT2D eigenvalue weighted by Gasteiger charge is 2.42. The number of ether oxygens (including phenoxy) is 1. The molecule has 0 aromatic carbocycles. The monoisotopic (exact) mass is 349 g/mol. The van der Waals surface area contributed by atoms with Gasteiger partial charge in [-0.05, 0) is 32.3 Å². The van der Waals surface area contributed by atoms with Crippen molar-refractivity contribution in [2.24, 2.45) is 0 Å². The number of urea groups is 1. The number of piperidine rings is 1. The highest BCUT2D eigenvalue weighted by Crippen LogP contribution is 2.30. The van der Waals surface area contributed by atoms with Crippen molar-refractivity contribution in [3.8, 4) is 0 Å². The van der Waals surface area contributed by atoms with Crippen LogP contribution in [0.2, 0.25) is 0 Å². The predicted molar refractivity (Wildman–Crippen MR) is 92.0 cm³/mol. The Morgan fingerprint density at radius 3 is 2.84 bits per heavy atom. The minimum atomic E-state index is -0.287. The van der Waals surface area contributed by atoms with Crippen molar-refractivity contribution in [1.82, 2.24) is 24.9 Å². The Morgan fingerprint density at radius 2 is 2.20 bits per heavy atom. The van der Waals surface area contributed by atoms with Crippen LogP contribution < -0.4 is 5.32 Å². The second-order valence-electron chi connectivity index (χ2n) is 7.12. The lowest BCUT2D eigenvalue weighted by molar-refractivity contribution is -0.167. The first-order chi connectivity index (χ1) is 12.0. The molecule has 3 amide bonds. The molecule has 1 spiro atoms. The van der Waals surface area contributed by atoms with E-state index in [2.05, 4.69) is 10.4 Å². The van der Waals surface area contributed by atoms with E-state index >= 15 is 0 Å². The summed E-state index contributed by atoms with van der Waals surface area (Å²) >= 11 is 0. The van der Waals surface area contributed by atoms with Crippen LogP contribution in [0.25, 0.3) is 0 Å². The third kappa shape index (κ3) is 4.31. The first-order valence-electron chi connectivity index (χ1n) is 8.88. The van der Waals surface area contributed by atoms with E-state index in [1.807, 2.05) is 35.8 Å². The Kier molecular flexibility index (Phi) is 5.27. The lowest BCUT2D eigenvalue weighted by atomic mass is 9.89. The molecule has 8 nitrogen and oxygen atoms in total. The molecule has 0 aliphatic carbocycles.